The summed E-state index contributed by atoms with van der Waals surface area (Å²) in [7, 11) is 0. The molecular formula is C8H3F10O2-. The Labute approximate surface area is 103 Å². The normalized spacial score (nSPS) is 41.1. The molecule has 20 heavy (non-hydrogen) atoms. The molecule has 0 aromatic carbocycles. The minimum Gasteiger partial charge on any atom is -0.546 e. The smallest absolute Gasteiger partial charge is 0.379 e. The Balaban J connectivity index is 3.88. The molecule has 0 heterocycles. The summed E-state index contributed by atoms with van der Waals surface area (Å²) in [5.74, 6) is -31.8. The molecule has 0 aliphatic heterocycles. The molecule has 1 rings (SSSR count). The Morgan fingerprint density at radius 2 is 1.05 bits per heavy atom. The zero-order valence-corrected chi connectivity index (χ0v) is 9.10. The van der Waals surface area contributed by atoms with Crippen LogP contribution in [-0.2, 0) is 4.79 Å². The van der Waals surface area contributed by atoms with E-state index in [0.717, 1.165) is 0 Å². The quantitative estimate of drug-likeness (QED) is 0.690. The van der Waals surface area contributed by atoms with E-state index < -0.39 is 47.9 Å². The lowest BCUT2D eigenvalue weighted by atomic mass is 9.67. The molecule has 118 valence electrons. The highest BCUT2D eigenvalue weighted by Gasteiger charge is 2.99. The molecule has 0 aromatic heterocycles. The first-order chi connectivity index (χ1) is 8.44. The van der Waals surface area contributed by atoms with Crippen molar-refractivity contribution in [2.24, 2.45) is 0 Å². The number of carbonyl (C=O) groups is 1. The average Bonchev–Trinajstić information content (AvgIpc) is 2.24. The van der Waals surface area contributed by atoms with Gasteiger partial charge in [-0.2, -0.15) is 35.1 Å². The van der Waals surface area contributed by atoms with Gasteiger partial charge in [-0.05, 0) is 6.92 Å². The lowest BCUT2D eigenvalue weighted by Crippen LogP contribution is -2.87. The van der Waals surface area contributed by atoms with Crippen LogP contribution in [0.2, 0.25) is 0 Å². The summed E-state index contributed by atoms with van der Waals surface area (Å²) in [6.45, 7) is -1.01. The topological polar surface area (TPSA) is 40.1 Å². The molecule has 2 atom stereocenters. The number of rotatable bonds is 1. The van der Waals surface area contributed by atoms with Crippen molar-refractivity contribution in [1.82, 2.24) is 0 Å². The Morgan fingerprint density at radius 1 is 0.700 bits per heavy atom. The van der Waals surface area contributed by atoms with E-state index >= 15 is 0 Å². The van der Waals surface area contributed by atoms with Crippen LogP contribution in [0.1, 0.15) is 6.92 Å². The zero-order valence-electron chi connectivity index (χ0n) is 9.10. The lowest BCUT2D eigenvalue weighted by molar-refractivity contribution is -0.463. The highest BCUT2D eigenvalue weighted by atomic mass is 19.4. The molecule has 12 heteroatoms. The molecule has 0 N–H and O–H groups in total. The van der Waals surface area contributed by atoms with E-state index in [-0.39, 0.29) is 0 Å². The fourth-order valence-corrected chi connectivity index (χ4v) is 1.68. The van der Waals surface area contributed by atoms with Crippen LogP contribution in [0, 0.1) is 0 Å². The summed E-state index contributed by atoms with van der Waals surface area (Å²) in [4.78, 5) is 10.1. The molecule has 0 aromatic rings. The molecule has 1 aliphatic carbocycles. The van der Waals surface area contributed by atoms with Crippen LogP contribution in [0.3, 0.4) is 0 Å². The van der Waals surface area contributed by atoms with Gasteiger partial charge in [0.2, 0.25) is 5.67 Å². The third-order valence-corrected chi connectivity index (χ3v) is 3.11. The summed E-state index contributed by atoms with van der Waals surface area (Å²) < 4.78 is 130. The molecule has 2 unspecified atom stereocenters. The first kappa shape index (κ1) is 16.8. The van der Waals surface area contributed by atoms with E-state index in [4.69, 9.17) is 0 Å². The van der Waals surface area contributed by atoms with Crippen molar-refractivity contribution in [3.8, 4) is 0 Å². The van der Waals surface area contributed by atoms with Crippen LogP contribution in [0.5, 0.6) is 0 Å². The Kier molecular flexibility index (Phi) is 2.95. The van der Waals surface area contributed by atoms with Crippen molar-refractivity contribution in [3.63, 3.8) is 0 Å². The van der Waals surface area contributed by atoms with Crippen LogP contribution in [-0.4, -0.2) is 41.0 Å². The number of carboxylic acids is 1. The maximum absolute atomic E-state index is 13.4. The molecule has 0 amide bonds. The summed E-state index contributed by atoms with van der Waals surface area (Å²) >= 11 is 0. The van der Waals surface area contributed by atoms with Gasteiger partial charge in [0.15, 0.2) is 0 Å². The van der Waals surface area contributed by atoms with Crippen LogP contribution in [0.25, 0.3) is 0 Å². The van der Waals surface area contributed by atoms with Gasteiger partial charge in [-0.1, -0.05) is 0 Å². The Bertz CT molecular complexity index is 424. The third-order valence-electron chi connectivity index (χ3n) is 3.11. The fraction of sp³-hybridized carbons (Fsp3) is 0.875. The molecule has 1 aliphatic rings. The number of hydrogen-bond acceptors (Lipinski definition) is 2. The molecule has 0 spiro atoms. The van der Waals surface area contributed by atoms with Gasteiger partial charge in [-0.25, -0.2) is 8.78 Å². The fourth-order valence-electron chi connectivity index (χ4n) is 1.68. The van der Waals surface area contributed by atoms with E-state index in [9.17, 15) is 53.8 Å². The minimum atomic E-state index is -7.13. The second-order valence-corrected chi connectivity index (χ2v) is 4.25. The van der Waals surface area contributed by atoms with Crippen LogP contribution in [0.4, 0.5) is 43.9 Å². The standard InChI is InChI=1S/C8H4F10O2/c1-3(9)5(11,12)4(10,2(19)20)7(15,16)8(17,18)6(3,13)14/h1H3,(H,19,20)/p-1. The number of hydrogen-bond donors (Lipinski definition) is 0. The number of aliphatic carboxylic acids is 1. The summed E-state index contributed by atoms with van der Waals surface area (Å²) in [6.07, 6.45) is 0. The van der Waals surface area contributed by atoms with Crippen molar-refractivity contribution in [1.29, 1.82) is 0 Å². The zero-order chi connectivity index (χ0) is 16.6. The molecular weight excluding hydrogens is 318 g/mol. The molecule has 0 saturated heterocycles. The second-order valence-electron chi connectivity index (χ2n) is 4.25. The largest absolute Gasteiger partial charge is 0.546 e. The first-order valence-electron chi connectivity index (χ1n) is 4.55. The highest BCUT2D eigenvalue weighted by Crippen LogP contribution is 2.68. The van der Waals surface area contributed by atoms with Gasteiger partial charge < -0.3 is 9.90 Å². The number of alkyl halides is 10. The third kappa shape index (κ3) is 1.21. The average molecular weight is 321 g/mol. The monoisotopic (exact) mass is 321 g/mol. The van der Waals surface area contributed by atoms with Gasteiger partial charge in [0.1, 0.15) is 0 Å². The van der Waals surface area contributed by atoms with E-state index in [1.165, 1.54) is 0 Å². The van der Waals surface area contributed by atoms with Crippen molar-refractivity contribution in [2.45, 2.75) is 42.0 Å². The van der Waals surface area contributed by atoms with Gasteiger partial charge in [-0.3, -0.25) is 0 Å². The first-order valence-corrected chi connectivity index (χ1v) is 4.55. The number of halogens is 10. The predicted molar refractivity (Wildman–Crippen MR) is 38.1 cm³/mol. The van der Waals surface area contributed by atoms with Crippen LogP contribution in [0.15, 0.2) is 0 Å². The van der Waals surface area contributed by atoms with Crippen molar-refractivity contribution < 1.29 is 53.8 Å². The summed E-state index contributed by atoms with van der Waals surface area (Å²) in [6, 6.07) is 0. The summed E-state index contributed by atoms with van der Waals surface area (Å²) in [5.41, 5.74) is -12.6. The van der Waals surface area contributed by atoms with Gasteiger partial charge in [-0.15, -0.1) is 0 Å². The van der Waals surface area contributed by atoms with E-state index in [1.807, 2.05) is 0 Å². The van der Waals surface area contributed by atoms with Gasteiger partial charge >= 0.3 is 23.7 Å². The lowest BCUT2D eigenvalue weighted by Gasteiger charge is -2.54. The Hall–Kier alpha value is -1.23. The molecule has 1 saturated carbocycles. The van der Waals surface area contributed by atoms with Gasteiger partial charge in [0, 0.05) is 0 Å². The maximum atomic E-state index is 13.4. The van der Waals surface area contributed by atoms with E-state index in [1.54, 1.807) is 0 Å². The SMILES string of the molecule is CC1(F)C(F)(F)C(F)(F)C(F)(F)C(F)(C(=O)[O-])C1(F)F. The van der Waals surface area contributed by atoms with Crippen molar-refractivity contribution >= 4 is 5.97 Å². The van der Waals surface area contributed by atoms with Gasteiger partial charge in [0.05, 0.1) is 5.97 Å². The maximum Gasteiger partial charge on any atom is 0.379 e. The molecule has 1 fully saturated rings. The molecule has 0 bridgehead atoms. The van der Waals surface area contributed by atoms with Crippen LogP contribution >= 0.6 is 0 Å². The second kappa shape index (κ2) is 3.50. The van der Waals surface area contributed by atoms with Crippen molar-refractivity contribution in [3.05, 3.63) is 0 Å². The van der Waals surface area contributed by atoms with E-state index in [0.29, 0.717) is 0 Å². The summed E-state index contributed by atoms with van der Waals surface area (Å²) in [5, 5.41) is 10.1. The predicted octanol–water partition coefficient (Wildman–Crippen LogP) is 1.73. The van der Waals surface area contributed by atoms with Gasteiger partial charge in [0.25, 0.3) is 5.67 Å². The van der Waals surface area contributed by atoms with Crippen LogP contribution < -0.4 is 5.11 Å². The number of carbonyl (C=O) groups excluding carboxylic acids is 1. The Morgan fingerprint density at radius 3 is 1.35 bits per heavy atom. The number of carboxylic acid groups (broad SMARTS) is 1. The van der Waals surface area contributed by atoms with Crippen molar-refractivity contribution in [2.75, 3.05) is 0 Å². The highest BCUT2D eigenvalue weighted by molar-refractivity contribution is 5.80. The van der Waals surface area contributed by atoms with E-state index in [2.05, 4.69) is 0 Å². The minimum absolute atomic E-state index is 1.01. The molecule has 0 radical (unpaired) electrons. The molecule has 2 nitrogen and oxygen atoms in total.